The number of nitrogens with one attached hydrogen (secondary N) is 1. The molecule has 0 fully saturated rings. The van der Waals surface area contributed by atoms with Gasteiger partial charge in [0.2, 0.25) is 10.0 Å². The van der Waals surface area contributed by atoms with E-state index in [9.17, 15) is 8.42 Å². The topological polar surface area (TPSA) is 46.2 Å². The van der Waals surface area contributed by atoms with E-state index in [0.717, 1.165) is 17.1 Å². The number of sulfonamides is 1. The van der Waals surface area contributed by atoms with Gasteiger partial charge in [-0.05, 0) is 17.2 Å². The molecule has 0 aromatic heterocycles. The smallest absolute Gasteiger partial charge is 0.211 e. The van der Waals surface area contributed by atoms with Crippen molar-refractivity contribution in [2.75, 3.05) is 12.3 Å². The van der Waals surface area contributed by atoms with E-state index in [1.807, 2.05) is 48.5 Å². The van der Waals surface area contributed by atoms with Crippen LogP contribution >= 0.6 is 11.8 Å². The van der Waals surface area contributed by atoms with Gasteiger partial charge in [0, 0.05) is 23.5 Å². The molecule has 2 aromatic carbocycles. The summed E-state index contributed by atoms with van der Waals surface area (Å²) in [4.78, 5) is 0. The van der Waals surface area contributed by atoms with Gasteiger partial charge < -0.3 is 0 Å². The molecule has 0 saturated carbocycles. The maximum atomic E-state index is 11.8. The van der Waals surface area contributed by atoms with Gasteiger partial charge in [-0.15, -0.1) is 0 Å². The van der Waals surface area contributed by atoms with Gasteiger partial charge in [-0.3, -0.25) is 0 Å². The molecule has 0 radical (unpaired) electrons. The summed E-state index contributed by atoms with van der Waals surface area (Å²) in [5.74, 6) is 1.63. The molecule has 0 aliphatic rings. The van der Waals surface area contributed by atoms with Crippen LogP contribution in [0.15, 0.2) is 66.1 Å². The molecule has 2 aromatic rings. The highest BCUT2D eigenvalue weighted by Crippen LogP contribution is 2.10. The highest BCUT2D eigenvalue weighted by Gasteiger charge is 2.03. The zero-order chi connectivity index (χ0) is 15.7. The number of rotatable bonds is 8. The number of thioether (sulfide) groups is 1. The lowest BCUT2D eigenvalue weighted by Gasteiger charge is -2.03. The summed E-state index contributed by atoms with van der Waals surface area (Å²) in [5, 5.41) is 1.21. The van der Waals surface area contributed by atoms with Crippen molar-refractivity contribution >= 4 is 27.9 Å². The molecule has 0 atom stereocenters. The van der Waals surface area contributed by atoms with E-state index in [1.165, 1.54) is 11.0 Å². The zero-order valence-electron chi connectivity index (χ0n) is 12.2. The van der Waals surface area contributed by atoms with Crippen LogP contribution in [0.5, 0.6) is 0 Å². The molecule has 1 N–H and O–H groups in total. The lowest BCUT2D eigenvalue weighted by molar-refractivity contribution is 0.593. The molecule has 3 nitrogen and oxygen atoms in total. The molecular formula is C17H19NO2S2. The third-order valence-corrected chi connectivity index (χ3v) is 5.03. The Morgan fingerprint density at radius 3 is 2.27 bits per heavy atom. The quantitative estimate of drug-likeness (QED) is 0.752. The van der Waals surface area contributed by atoms with Gasteiger partial charge in [-0.2, -0.15) is 11.8 Å². The first-order valence-electron chi connectivity index (χ1n) is 7.00. The third kappa shape index (κ3) is 6.47. The van der Waals surface area contributed by atoms with Gasteiger partial charge in [0.1, 0.15) is 0 Å². The maximum absolute atomic E-state index is 11.8. The van der Waals surface area contributed by atoms with E-state index in [0.29, 0.717) is 6.54 Å². The van der Waals surface area contributed by atoms with Gasteiger partial charge >= 0.3 is 0 Å². The summed E-state index contributed by atoms with van der Waals surface area (Å²) >= 11 is 1.71. The Morgan fingerprint density at radius 2 is 1.59 bits per heavy atom. The van der Waals surface area contributed by atoms with E-state index < -0.39 is 10.0 Å². The van der Waals surface area contributed by atoms with Crippen LogP contribution in [0.25, 0.3) is 6.08 Å². The minimum absolute atomic E-state index is 0.430. The fraction of sp³-hybridized carbons (Fsp3) is 0.176. The normalized spacial score (nSPS) is 11.8. The number of benzene rings is 2. The third-order valence-electron chi connectivity index (χ3n) is 2.90. The van der Waals surface area contributed by atoms with E-state index in [-0.39, 0.29) is 0 Å². The number of hydrogen-bond donors (Lipinski definition) is 1. The second-order valence-electron chi connectivity index (χ2n) is 4.69. The molecule has 2 rings (SSSR count). The monoisotopic (exact) mass is 333 g/mol. The lowest BCUT2D eigenvalue weighted by Crippen LogP contribution is -2.23. The van der Waals surface area contributed by atoms with Crippen LogP contribution in [0.1, 0.15) is 11.1 Å². The number of hydrogen-bond acceptors (Lipinski definition) is 3. The second-order valence-corrected chi connectivity index (χ2v) is 7.45. The van der Waals surface area contributed by atoms with Gasteiger partial charge in [-0.1, -0.05) is 60.7 Å². The van der Waals surface area contributed by atoms with Crippen molar-refractivity contribution in [3.05, 3.63) is 77.2 Å². The van der Waals surface area contributed by atoms with Gasteiger partial charge in [-0.25, -0.2) is 13.1 Å². The Morgan fingerprint density at radius 1 is 0.955 bits per heavy atom. The van der Waals surface area contributed by atoms with Gasteiger partial charge in [0.05, 0.1) is 0 Å². The molecule has 22 heavy (non-hydrogen) atoms. The second kappa shape index (κ2) is 8.78. The molecule has 0 saturated heterocycles. The Hall–Kier alpha value is -1.56. The molecule has 5 heteroatoms. The van der Waals surface area contributed by atoms with Gasteiger partial charge in [0.25, 0.3) is 0 Å². The van der Waals surface area contributed by atoms with Crippen LogP contribution in [0.2, 0.25) is 0 Å². The van der Waals surface area contributed by atoms with Crippen LogP contribution < -0.4 is 4.72 Å². The van der Waals surface area contributed by atoms with E-state index >= 15 is 0 Å². The molecule has 116 valence electrons. The van der Waals surface area contributed by atoms with Crippen molar-refractivity contribution in [2.24, 2.45) is 0 Å². The molecule has 0 unspecified atom stereocenters. The molecule has 0 bridgehead atoms. The van der Waals surface area contributed by atoms with E-state index in [4.69, 9.17) is 0 Å². The SMILES string of the molecule is O=S(=O)(/C=C/c1ccccc1)NCCSCc1ccccc1. The lowest BCUT2D eigenvalue weighted by atomic mass is 10.2. The van der Waals surface area contributed by atoms with Crippen LogP contribution in [0.4, 0.5) is 0 Å². The Bertz CT molecular complexity index is 683. The molecule has 0 aliphatic heterocycles. The molecular weight excluding hydrogens is 314 g/mol. The minimum Gasteiger partial charge on any atom is -0.211 e. The van der Waals surface area contributed by atoms with E-state index in [1.54, 1.807) is 17.8 Å². The van der Waals surface area contributed by atoms with Gasteiger partial charge in [0.15, 0.2) is 0 Å². The van der Waals surface area contributed by atoms with Crippen LogP contribution in [-0.4, -0.2) is 20.7 Å². The Labute approximate surface area is 136 Å². The largest absolute Gasteiger partial charge is 0.233 e. The average molecular weight is 333 g/mol. The van der Waals surface area contributed by atoms with Crippen LogP contribution in [0, 0.1) is 0 Å². The van der Waals surface area contributed by atoms with Crippen molar-refractivity contribution in [3.8, 4) is 0 Å². The van der Waals surface area contributed by atoms with Crippen LogP contribution in [0.3, 0.4) is 0 Å². The zero-order valence-corrected chi connectivity index (χ0v) is 13.8. The fourth-order valence-corrected chi connectivity index (χ4v) is 3.57. The van der Waals surface area contributed by atoms with Crippen molar-refractivity contribution in [2.45, 2.75) is 5.75 Å². The summed E-state index contributed by atoms with van der Waals surface area (Å²) in [6.45, 7) is 0.430. The standard InChI is InChI=1S/C17H19NO2S2/c19-22(20,14-11-16-7-3-1-4-8-16)18-12-13-21-15-17-9-5-2-6-10-17/h1-11,14,18H,12-13,15H2/b14-11+. The minimum atomic E-state index is -3.37. The maximum Gasteiger partial charge on any atom is 0.233 e. The first-order chi connectivity index (χ1) is 10.7. The summed E-state index contributed by atoms with van der Waals surface area (Å²) in [5.41, 5.74) is 2.12. The van der Waals surface area contributed by atoms with Crippen molar-refractivity contribution < 1.29 is 8.42 Å². The summed E-state index contributed by atoms with van der Waals surface area (Å²) in [6.07, 6.45) is 1.60. The molecule has 0 aliphatic carbocycles. The predicted molar refractivity (Wildman–Crippen MR) is 95.0 cm³/mol. The average Bonchev–Trinajstić information content (AvgIpc) is 2.55. The van der Waals surface area contributed by atoms with E-state index in [2.05, 4.69) is 16.9 Å². The van der Waals surface area contributed by atoms with Crippen molar-refractivity contribution in [1.82, 2.24) is 4.72 Å². The first-order valence-corrected chi connectivity index (χ1v) is 9.70. The fourth-order valence-electron chi connectivity index (χ4n) is 1.80. The highest BCUT2D eigenvalue weighted by molar-refractivity contribution is 7.98. The Balaban J connectivity index is 1.70. The first kappa shape index (κ1) is 16.8. The van der Waals surface area contributed by atoms with Crippen LogP contribution in [-0.2, 0) is 15.8 Å². The highest BCUT2D eigenvalue weighted by atomic mass is 32.2. The molecule has 0 spiro atoms. The van der Waals surface area contributed by atoms with Crippen molar-refractivity contribution in [1.29, 1.82) is 0 Å². The molecule has 0 amide bonds. The summed E-state index contributed by atoms with van der Waals surface area (Å²) < 4.78 is 26.2. The van der Waals surface area contributed by atoms with Crippen molar-refractivity contribution in [3.63, 3.8) is 0 Å². The predicted octanol–water partition coefficient (Wildman–Crippen LogP) is 3.51. The Kier molecular flexibility index (Phi) is 6.71. The summed E-state index contributed by atoms with van der Waals surface area (Å²) in [6, 6.07) is 19.5. The molecule has 0 heterocycles. The summed E-state index contributed by atoms with van der Waals surface area (Å²) in [7, 11) is -3.37.